The van der Waals surface area contributed by atoms with E-state index in [2.05, 4.69) is 14.7 Å². The molecule has 0 aliphatic carbocycles. The maximum Gasteiger partial charge on any atom is 0.428 e. The topological polar surface area (TPSA) is 38.2 Å². The third-order valence-electron chi connectivity index (χ3n) is 3.40. The van der Waals surface area contributed by atoms with Crippen LogP contribution in [-0.4, -0.2) is 47.6 Å². The SMILES string of the molecule is CC(F)(F)c1nccc(N2CCOC(C(F)(F)F)(C(F)(F)F)C2)n1. The van der Waals surface area contributed by atoms with Crippen molar-refractivity contribution in [2.75, 3.05) is 24.6 Å². The molecule has 12 heteroatoms. The van der Waals surface area contributed by atoms with Crippen LogP contribution in [0.25, 0.3) is 0 Å². The Labute approximate surface area is 130 Å². The van der Waals surface area contributed by atoms with E-state index in [-0.39, 0.29) is 6.54 Å². The second-order valence-corrected chi connectivity index (χ2v) is 5.22. The fourth-order valence-corrected chi connectivity index (χ4v) is 2.16. The van der Waals surface area contributed by atoms with E-state index >= 15 is 0 Å². The number of hydrogen-bond acceptors (Lipinski definition) is 4. The van der Waals surface area contributed by atoms with Gasteiger partial charge in [0.05, 0.1) is 13.2 Å². The summed E-state index contributed by atoms with van der Waals surface area (Å²) in [7, 11) is 0. The molecule has 4 nitrogen and oxygen atoms in total. The lowest BCUT2D eigenvalue weighted by molar-refractivity contribution is -0.381. The summed E-state index contributed by atoms with van der Waals surface area (Å²) in [4.78, 5) is 7.25. The molecular formula is C12H11F8N3O. The molecule has 1 saturated heterocycles. The van der Waals surface area contributed by atoms with Gasteiger partial charge in [-0.1, -0.05) is 0 Å². The summed E-state index contributed by atoms with van der Waals surface area (Å²) in [6.07, 6.45) is -10.6. The van der Waals surface area contributed by atoms with Gasteiger partial charge in [-0.3, -0.25) is 0 Å². The van der Waals surface area contributed by atoms with Gasteiger partial charge < -0.3 is 9.64 Å². The number of rotatable bonds is 2. The minimum absolute atomic E-state index is 0.375. The highest BCUT2D eigenvalue weighted by Gasteiger charge is 2.73. The van der Waals surface area contributed by atoms with Crippen molar-refractivity contribution in [1.82, 2.24) is 9.97 Å². The molecular weight excluding hydrogens is 354 g/mol. The van der Waals surface area contributed by atoms with Gasteiger partial charge in [0.25, 0.3) is 5.60 Å². The Balaban J connectivity index is 2.40. The average molecular weight is 365 g/mol. The number of aromatic nitrogens is 2. The van der Waals surface area contributed by atoms with Gasteiger partial charge in [0.1, 0.15) is 5.82 Å². The quantitative estimate of drug-likeness (QED) is 0.754. The van der Waals surface area contributed by atoms with Gasteiger partial charge in [-0.05, 0) is 6.07 Å². The van der Waals surface area contributed by atoms with Crippen LogP contribution >= 0.6 is 0 Å². The molecule has 0 amide bonds. The summed E-state index contributed by atoms with van der Waals surface area (Å²) >= 11 is 0. The smallest absolute Gasteiger partial charge is 0.355 e. The minimum atomic E-state index is -5.74. The number of anilines is 1. The van der Waals surface area contributed by atoms with Crippen LogP contribution in [0.1, 0.15) is 12.7 Å². The van der Waals surface area contributed by atoms with Crippen molar-refractivity contribution >= 4 is 5.82 Å². The molecule has 1 aliphatic heterocycles. The Hall–Kier alpha value is -1.72. The first-order valence-corrected chi connectivity index (χ1v) is 6.52. The number of nitrogens with zero attached hydrogens (tertiary/aromatic N) is 3. The monoisotopic (exact) mass is 365 g/mol. The molecule has 0 bridgehead atoms. The molecule has 136 valence electrons. The largest absolute Gasteiger partial charge is 0.428 e. The van der Waals surface area contributed by atoms with Crippen molar-refractivity contribution in [2.45, 2.75) is 30.8 Å². The van der Waals surface area contributed by atoms with Crippen molar-refractivity contribution in [3.05, 3.63) is 18.1 Å². The van der Waals surface area contributed by atoms with E-state index in [4.69, 9.17) is 0 Å². The minimum Gasteiger partial charge on any atom is -0.355 e. The molecule has 0 aromatic carbocycles. The molecule has 1 aromatic heterocycles. The molecule has 1 fully saturated rings. The Kier molecular flexibility index (Phi) is 4.40. The maximum atomic E-state index is 13.2. The highest BCUT2D eigenvalue weighted by Crippen LogP contribution is 2.48. The molecule has 24 heavy (non-hydrogen) atoms. The van der Waals surface area contributed by atoms with Crippen LogP contribution in [0.5, 0.6) is 0 Å². The molecule has 0 spiro atoms. The molecule has 0 atom stereocenters. The molecule has 0 saturated carbocycles. The molecule has 0 N–H and O–H groups in total. The van der Waals surface area contributed by atoms with Crippen molar-refractivity contribution in [1.29, 1.82) is 0 Å². The van der Waals surface area contributed by atoms with Crippen LogP contribution in [0.4, 0.5) is 40.9 Å². The van der Waals surface area contributed by atoms with Crippen LogP contribution in [0.2, 0.25) is 0 Å². The van der Waals surface area contributed by atoms with Crippen LogP contribution in [0.15, 0.2) is 12.3 Å². The summed E-state index contributed by atoms with van der Waals surface area (Å²) in [5.74, 6) is -4.97. The predicted molar refractivity (Wildman–Crippen MR) is 64.6 cm³/mol. The van der Waals surface area contributed by atoms with Crippen molar-refractivity contribution in [3.63, 3.8) is 0 Å². The van der Waals surface area contributed by atoms with Gasteiger partial charge in [-0.2, -0.15) is 35.1 Å². The zero-order chi connectivity index (χ0) is 18.4. The summed E-state index contributed by atoms with van der Waals surface area (Å²) in [6, 6.07) is 0.956. The summed E-state index contributed by atoms with van der Waals surface area (Å²) in [6.45, 7) is -2.46. The molecule has 0 radical (unpaired) electrons. The number of hydrogen-bond donors (Lipinski definition) is 0. The van der Waals surface area contributed by atoms with Crippen molar-refractivity contribution in [3.8, 4) is 0 Å². The molecule has 0 unspecified atom stereocenters. The van der Waals surface area contributed by atoms with E-state index in [1.165, 1.54) is 0 Å². The number of morpholine rings is 1. The van der Waals surface area contributed by atoms with E-state index in [0.717, 1.165) is 12.3 Å². The first-order chi connectivity index (χ1) is 10.8. The Morgan fingerprint density at radius 2 is 1.67 bits per heavy atom. The van der Waals surface area contributed by atoms with E-state index < -0.39 is 48.7 Å². The molecule has 1 aromatic rings. The van der Waals surface area contributed by atoms with Crippen LogP contribution in [-0.2, 0) is 10.7 Å². The Morgan fingerprint density at radius 3 is 2.17 bits per heavy atom. The highest BCUT2D eigenvalue weighted by molar-refractivity contribution is 5.39. The first kappa shape index (κ1) is 18.6. The first-order valence-electron chi connectivity index (χ1n) is 6.52. The van der Waals surface area contributed by atoms with Crippen LogP contribution < -0.4 is 4.90 Å². The average Bonchev–Trinajstić information content (AvgIpc) is 2.44. The van der Waals surface area contributed by atoms with Gasteiger partial charge in [-0.15, -0.1) is 0 Å². The molecule has 2 heterocycles. The third-order valence-corrected chi connectivity index (χ3v) is 3.40. The van der Waals surface area contributed by atoms with E-state index in [1.54, 1.807) is 0 Å². The molecule has 1 aliphatic rings. The van der Waals surface area contributed by atoms with Gasteiger partial charge in [0, 0.05) is 19.7 Å². The standard InChI is InChI=1S/C12H11F8N3O/c1-9(13,14)8-21-3-2-7(22-8)23-4-5-24-10(6-23,11(15,16)17)12(18,19)20/h2-3H,4-6H2,1H3. The number of halogens is 8. The van der Waals surface area contributed by atoms with Gasteiger partial charge in [0.15, 0.2) is 5.82 Å². The third kappa shape index (κ3) is 3.23. The summed E-state index contributed by atoms with van der Waals surface area (Å²) in [5.41, 5.74) is -4.42. The van der Waals surface area contributed by atoms with Crippen molar-refractivity contribution in [2.24, 2.45) is 0 Å². The summed E-state index contributed by atoms with van der Waals surface area (Å²) < 4.78 is 109. The maximum absolute atomic E-state index is 13.2. The van der Waals surface area contributed by atoms with E-state index in [9.17, 15) is 35.1 Å². The lowest BCUT2D eigenvalue weighted by atomic mass is 10.00. The second kappa shape index (κ2) is 5.67. The van der Waals surface area contributed by atoms with E-state index in [0.29, 0.717) is 11.8 Å². The lowest BCUT2D eigenvalue weighted by Crippen LogP contribution is -2.67. The van der Waals surface area contributed by atoms with Gasteiger partial charge >= 0.3 is 18.3 Å². The zero-order valence-electron chi connectivity index (χ0n) is 12.0. The molecule has 2 rings (SSSR count). The second-order valence-electron chi connectivity index (χ2n) is 5.22. The van der Waals surface area contributed by atoms with Crippen molar-refractivity contribution < 1.29 is 39.9 Å². The van der Waals surface area contributed by atoms with Gasteiger partial charge in [0.2, 0.25) is 0 Å². The zero-order valence-corrected chi connectivity index (χ0v) is 12.0. The fourth-order valence-electron chi connectivity index (χ4n) is 2.16. The Bertz CT molecular complexity index is 581. The Morgan fingerprint density at radius 1 is 1.08 bits per heavy atom. The van der Waals surface area contributed by atoms with Crippen LogP contribution in [0, 0.1) is 0 Å². The fraction of sp³-hybridized carbons (Fsp3) is 0.667. The predicted octanol–water partition coefficient (Wildman–Crippen LogP) is 3.29. The van der Waals surface area contributed by atoms with Gasteiger partial charge in [-0.25, -0.2) is 9.97 Å². The lowest BCUT2D eigenvalue weighted by Gasteiger charge is -2.44. The summed E-state index contributed by atoms with van der Waals surface area (Å²) in [5, 5.41) is 0. The highest BCUT2D eigenvalue weighted by atomic mass is 19.4. The van der Waals surface area contributed by atoms with E-state index in [1.807, 2.05) is 0 Å². The normalized spacial score (nSPS) is 19.5. The number of ether oxygens (including phenoxy) is 1. The number of alkyl halides is 8. The van der Waals surface area contributed by atoms with Crippen LogP contribution in [0.3, 0.4) is 0 Å².